The molecular formula is C12H18BCl. The summed E-state index contributed by atoms with van der Waals surface area (Å²) in [5.41, 5.74) is 1.40. The molecule has 2 heteroatoms. The van der Waals surface area contributed by atoms with Crippen molar-refractivity contribution in [1.29, 1.82) is 0 Å². The Morgan fingerprint density at radius 1 is 1.50 bits per heavy atom. The summed E-state index contributed by atoms with van der Waals surface area (Å²) >= 11 is 5.89. The van der Waals surface area contributed by atoms with E-state index in [1.54, 1.807) is 0 Å². The smallest absolute Gasteiger partial charge is 0.122 e. The first-order chi connectivity index (χ1) is 6.80. The molecule has 14 heavy (non-hydrogen) atoms. The highest BCUT2D eigenvalue weighted by Gasteiger charge is 2.22. The zero-order chi connectivity index (χ0) is 10.4. The standard InChI is InChI=1S/C12H18BCl/c1-3-5-11-7-12(10-14)9-13(8-11)6-4-2/h3-4,9,11H,1-2,5-8,10H2. The van der Waals surface area contributed by atoms with Gasteiger partial charge in [0.15, 0.2) is 6.71 Å². The van der Waals surface area contributed by atoms with E-state index < -0.39 is 0 Å². The maximum Gasteiger partial charge on any atom is 0.170 e. The van der Waals surface area contributed by atoms with Gasteiger partial charge in [0, 0.05) is 5.88 Å². The van der Waals surface area contributed by atoms with Gasteiger partial charge in [-0.2, -0.15) is 0 Å². The SMILES string of the molecule is C=CCB1C=C(CCl)CC(CC=C)C1. The fraction of sp³-hybridized carbons (Fsp3) is 0.500. The van der Waals surface area contributed by atoms with Gasteiger partial charge in [0.05, 0.1) is 0 Å². The second-order valence-corrected chi connectivity index (χ2v) is 4.34. The van der Waals surface area contributed by atoms with Gasteiger partial charge in [-0.1, -0.05) is 30.4 Å². The first kappa shape index (κ1) is 11.6. The summed E-state index contributed by atoms with van der Waals surface area (Å²) in [7, 11) is 0. The molecule has 0 aromatic heterocycles. The van der Waals surface area contributed by atoms with E-state index in [1.165, 1.54) is 11.9 Å². The topological polar surface area (TPSA) is 0 Å². The maximum atomic E-state index is 5.89. The number of hydrogen-bond donors (Lipinski definition) is 0. The minimum Gasteiger partial charge on any atom is -0.122 e. The molecule has 0 aliphatic carbocycles. The van der Waals surface area contributed by atoms with Gasteiger partial charge in [-0.15, -0.1) is 30.7 Å². The van der Waals surface area contributed by atoms with Crippen molar-refractivity contribution in [1.82, 2.24) is 0 Å². The highest BCUT2D eigenvalue weighted by Crippen LogP contribution is 2.29. The highest BCUT2D eigenvalue weighted by molar-refractivity contribution is 6.65. The highest BCUT2D eigenvalue weighted by atomic mass is 35.5. The molecule has 0 N–H and O–H groups in total. The van der Waals surface area contributed by atoms with Crippen LogP contribution >= 0.6 is 11.6 Å². The summed E-state index contributed by atoms with van der Waals surface area (Å²) in [6.07, 6.45) is 8.63. The van der Waals surface area contributed by atoms with Gasteiger partial charge in [-0.05, 0) is 18.8 Å². The van der Waals surface area contributed by atoms with Crippen LogP contribution in [-0.2, 0) is 0 Å². The molecule has 76 valence electrons. The number of halogens is 1. The summed E-state index contributed by atoms with van der Waals surface area (Å²) in [5, 5.41) is 0. The first-order valence-electron chi connectivity index (χ1n) is 5.27. The van der Waals surface area contributed by atoms with E-state index in [-0.39, 0.29) is 0 Å². The van der Waals surface area contributed by atoms with Crippen molar-refractivity contribution in [2.24, 2.45) is 5.92 Å². The molecule has 0 fully saturated rings. The lowest BCUT2D eigenvalue weighted by Crippen LogP contribution is -2.21. The largest absolute Gasteiger partial charge is 0.170 e. The number of rotatable bonds is 5. The van der Waals surface area contributed by atoms with Crippen LogP contribution < -0.4 is 0 Å². The predicted octanol–water partition coefficient (Wildman–Crippen LogP) is 3.97. The summed E-state index contributed by atoms with van der Waals surface area (Å²) in [4.78, 5) is 0. The molecule has 0 bridgehead atoms. The molecule has 1 aliphatic heterocycles. The van der Waals surface area contributed by atoms with Crippen molar-refractivity contribution < 1.29 is 0 Å². The van der Waals surface area contributed by atoms with Gasteiger partial charge in [-0.25, -0.2) is 0 Å². The molecule has 0 nitrogen and oxygen atoms in total. The molecule has 0 amide bonds. The van der Waals surface area contributed by atoms with E-state index in [2.05, 4.69) is 19.1 Å². The zero-order valence-electron chi connectivity index (χ0n) is 8.71. The Labute approximate surface area is 92.8 Å². The van der Waals surface area contributed by atoms with E-state index in [1.807, 2.05) is 12.2 Å². The molecule has 0 aromatic rings. The van der Waals surface area contributed by atoms with Gasteiger partial charge in [0.2, 0.25) is 0 Å². The van der Waals surface area contributed by atoms with Crippen LogP contribution in [0.15, 0.2) is 36.9 Å². The van der Waals surface area contributed by atoms with Crippen molar-refractivity contribution in [2.75, 3.05) is 5.88 Å². The Bertz CT molecular complexity index is 232. The molecule has 0 saturated heterocycles. The lowest BCUT2D eigenvalue weighted by molar-refractivity contribution is 0.575. The van der Waals surface area contributed by atoms with Gasteiger partial charge < -0.3 is 0 Å². The lowest BCUT2D eigenvalue weighted by Gasteiger charge is -2.25. The van der Waals surface area contributed by atoms with Crippen molar-refractivity contribution in [3.63, 3.8) is 0 Å². The van der Waals surface area contributed by atoms with E-state index in [0.29, 0.717) is 12.6 Å². The van der Waals surface area contributed by atoms with Crippen LogP contribution in [-0.4, -0.2) is 12.6 Å². The van der Waals surface area contributed by atoms with E-state index in [4.69, 9.17) is 11.6 Å². The fourth-order valence-corrected chi connectivity index (χ4v) is 2.44. The second-order valence-electron chi connectivity index (χ2n) is 4.07. The number of allylic oxidation sites excluding steroid dienone is 3. The Balaban J connectivity index is 2.60. The number of hydrogen-bond acceptors (Lipinski definition) is 0. The average Bonchev–Trinajstić information content (AvgIpc) is 2.18. The Kier molecular flexibility index (Phi) is 5.10. The van der Waals surface area contributed by atoms with Crippen LogP contribution in [0.1, 0.15) is 12.8 Å². The quantitative estimate of drug-likeness (QED) is 0.364. The third kappa shape index (κ3) is 3.38. The van der Waals surface area contributed by atoms with E-state index in [0.717, 1.165) is 25.1 Å². The third-order valence-corrected chi connectivity index (χ3v) is 3.14. The van der Waals surface area contributed by atoms with Gasteiger partial charge in [0.1, 0.15) is 0 Å². The molecule has 1 unspecified atom stereocenters. The van der Waals surface area contributed by atoms with E-state index >= 15 is 0 Å². The molecule has 0 radical (unpaired) electrons. The fourth-order valence-electron chi connectivity index (χ4n) is 2.24. The summed E-state index contributed by atoms with van der Waals surface area (Å²) < 4.78 is 0. The van der Waals surface area contributed by atoms with Crippen molar-refractivity contribution in [2.45, 2.75) is 25.5 Å². The van der Waals surface area contributed by atoms with Crippen molar-refractivity contribution in [3.05, 3.63) is 36.9 Å². The van der Waals surface area contributed by atoms with Gasteiger partial charge in [-0.3, -0.25) is 0 Å². The van der Waals surface area contributed by atoms with Crippen LogP contribution in [0.5, 0.6) is 0 Å². The van der Waals surface area contributed by atoms with Crippen molar-refractivity contribution >= 4 is 18.3 Å². The maximum absolute atomic E-state index is 5.89. The minimum atomic E-state index is 0.653. The summed E-state index contributed by atoms with van der Waals surface area (Å²) in [6, 6.07) is 0. The lowest BCUT2D eigenvalue weighted by atomic mass is 9.40. The normalized spacial score (nSPS) is 21.6. The number of alkyl halides is 1. The second kappa shape index (κ2) is 6.13. The molecule has 1 aliphatic rings. The summed E-state index contributed by atoms with van der Waals surface area (Å²) in [6.45, 7) is 8.25. The Morgan fingerprint density at radius 3 is 2.86 bits per heavy atom. The van der Waals surface area contributed by atoms with Crippen LogP contribution in [0, 0.1) is 5.92 Å². The van der Waals surface area contributed by atoms with Crippen LogP contribution in [0.4, 0.5) is 0 Å². The molecule has 0 spiro atoms. The summed E-state index contributed by atoms with van der Waals surface area (Å²) in [5.74, 6) is 3.77. The monoisotopic (exact) mass is 208 g/mol. The predicted molar refractivity (Wildman–Crippen MR) is 67.3 cm³/mol. The molecular weight excluding hydrogens is 190 g/mol. The molecule has 1 atom stereocenters. The molecule has 0 aromatic carbocycles. The van der Waals surface area contributed by atoms with Crippen molar-refractivity contribution in [3.8, 4) is 0 Å². The van der Waals surface area contributed by atoms with E-state index in [9.17, 15) is 0 Å². The molecule has 0 saturated carbocycles. The Hall–Kier alpha value is -0.425. The van der Waals surface area contributed by atoms with Gasteiger partial charge >= 0.3 is 0 Å². The molecule has 1 heterocycles. The minimum absolute atomic E-state index is 0.653. The van der Waals surface area contributed by atoms with Crippen LogP contribution in [0.3, 0.4) is 0 Å². The zero-order valence-corrected chi connectivity index (χ0v) is 9.47. The van der Waals surface area contributed by atoms with Crippen LogP contribution in [0.25, 0.3) is 0 Å². The first-order valence-corrected chi connectivity index (χ1v) is 5.81. The average molecular weight is 209 g/mol. The van der Waals surface area contributed by atoms with Crippen LogP contribution in [0.2, 0.25) is 12.6 Å². The third-order valence-electron chi connectivity index (χ3n) is 2.80. The van der Waals surface area contributed by atoms with Gasteiger partial charge in [0.25, 0.3) is 0 Å². The Morgan fingerprint density at radius 2 is 2.29 bits per heavy atom. The molecule has 1 rings (SSSR count).